The van der Waals surface area contributed by atoms with Crippen LogP contribution in [0.4, 0.5) is 0 Å². The highest BCUT2D eigenvalue weighted by atomic mass is 32.2. The number of hydrogen-bond donors (Lipinski definition) is 2. The van der Waals surface area contributed by atoms with Crippen LogP contribution in [0.5, 0.6) is 5.75 Å². The average molecular weight is 355 g/mol. The van der Waals surface area contributed by atoms with Crippen LogP contribution in [-0.4, -0.2) is 31.4 Å². The minimum absolute atomic E-state index is 0.0465. The highest BCUT2D eigenvalue weighted by Crippen LogP contribution is 2.37. The largest absolute Gasteiger partial charge is 0.497 e. The number of benzene rings is 1. The normalized spacial score (nSPS) is 18.6. The maximum atomic E-state index is 13.1. The van der Waals surface area contributed by atoms with Crippen LogP contribution in [0, 0.1) is 5.92 Å². The Kier molecular flexibility index (Phi) is 5.87. The summed E-state index contributed by atoms with van der Waals surface area (Å²) in [6.07, 6.45) is 5.26. The molecule has 1 amide bonds. The second-order valence-electron chi connectivity index (χ2n) is 6.56. The van der Waals surface area contributed by atoms with Crippen LogP contribution >= 0.6 is 0 Å². The molecular formula is C17H25NO5S. The molecule has 7 heteroatoms. The molecule has 1 fully saturated rings. The van der Waals surface area contributed by atoms with Gasteiger partial charge in [-0.25, -0.2) is 13.9 Å². The van der Waals surface area contributed by atoms with Gasteiger partial charge in [0.1, 0.15) is 5.75 Å². The summed E-state index contributed by atoms with van der Waals surface area (Å²) in [4.78, 5) is 12.3. The maximum Gasteiger partial charge on any atom is 0.264 e. The molecule has 0 radical (unpaired) electrons. The Morgan fingerprint density at radius 1 is 1.25 bits per heavy atom. The lowest BCUT2D eigenvalue weighted by Crippen LogP contribution is -2.50. The van der Waals surface area contributed by atoms with E-state index in [4.69, 9.17) is 9.94 Å². The Bertz CT molecular complexity index is 665. The van der Waals surface area contributed by atoms with E-state index in [1.807, 2.05) is 0 Å². The standard InChI is InChI=1S/C17H25NO5S/c1-17(16(19)18-20,12-13-6-4-3-5-7-13)24(21,22)15-10-8-14(23-2)9-11-15/h8-11,13,20H,3-7,12H2,1-2H3,(H,18,19)/t17-/m0/s1. The Morgan fingerprint density at radius 2 is 1.83 bits per heavy atom. The van der Waals surface area contributed by atoms with Gasteiger partial charge in [0.05, 0.1) is 12.0 Å². The van der Waals surface area contributed by atoms with E-state index >= 15 is 0 Å². The van der Waals surface area contributed by atoms with Crippen molar-refractivity contribution in [3.63, 3.8) is 0 Å². The molecule has 0 unspecified atom stereocenters. The zero-order valence-electron chi connectivity index (χ0n) is 14.1. The third kappa shape index (κ3) is 3.57. The van der Waals surface area contributed by atoms with Crippen molar-refractivity contribution in [1.82, 2.24) is 5.48 Å². The molecule has 2 N–H and O–H groups in total. The van der Waals surface area contributed by atoms with Gasteiger partial charge in [0.25, 0.3) is 5.91 Å². The summed E-state index contributed by atoms with van der Waals surface area (Å²) in [5.41, 5.74) is 1.55. The van der Waals surface area contributed by atoms with Crippen molar-refractivity contribution in [1.29, 1.82) is 0 Å². The Morgan fingerprint density at radius 3 is 2.33 bits per heavy atom. The molecule has 0 heterocycles. The molecule has 1 aliphatic rings. The number of hydrogen-bond acceptors (Lipinski definition) is 5. The summed E-state index contributed by atoms with van der Waals surface area (Å²) < 4.78 is 29.6. The Hall–Kier alpha value is -1.60. The van der Waals surface area contributed by atoms with Gasteiger partial charge in [0.15, 0.2) is 14.6 Å². The summed E-state index contributed by atoms with van der Waals surface area (Å²) in [6, 6.07) is 5.95. The van der Waals surface area contributed by atoms with E-state index in [0.717, 1.165) is 32.1 Å². The molecule has 1 aromatic rings. The molecule has 0 spiro atoms. The highest BCUT2D eigenvalue weighted by Gasteiger charge is 2.48. The summed E-state index contributed by atoms with van der Waals surface area (Å²) >= 11 is 0. The summed E-state index contributed by atoms with van der Waals surface area (Å²) in [6.45, 7) is 1.40. The van der Waals surface area contributed by atoms with Crippen molar-refractivity contribution in [3.8, 4) is 5.75 Å². The molecule has 1 saturated carbocycles. The van der Waals surface area contributed by atoms with Crippen LogP contribution in [0.25, 0.3) is 0 Å². The molecule has 1 atom stereocenters. The number of carbonyl (C=O) groups excluding carboxylic acids is 1. The molecule has 0 saturated heterocycles. The summed E-state index contributed by atoms with van der Waals surface area (Å²) in [7, 11) is -2.47. The minimum atomic E-state index is -3.96. The molecule has 0 aliphatic heterocycles. The fourth-order valence-corrected chi connectivity index (χ4v) is 5.16. The van der Waals surface area contributed by atoms with Gasteiger partial charge in [-0.3, -0.25) is 10.0 Å². The van der Waals surface area contributed by atoms with E-state index in [1.54, 1.807) is 17.6 Å². The average Bonchev–Trinajstić information content (AvgIpc) is 2.61. The highest BCUT2D eigenvalue weighted by molar-refractivity contribution is 7.93. The SMILES string of the molecule is COc1ccc(S(=O)(=O)[C@@](C)(CC2CCCCC2)C(=O)NO)cc1. The number of amides is 1. The zero-order valence-corrected chi connectivity index (χ0v) is 14.9. The van der Waals surface area contributed by atoms with Crippen molar-refractivity contribution in [2.45, 2.75) is 55.1 Å². The summed E-state index contributed by atoms with van der Waals surface area (Å²) in [5.74, 6) is -0.187. The summed E-state index contributed by atoms with van der Waals surface area (Å²) in [5, 5.41) is 9.11. The van der Waals surface area contributed by atoms with Crippen LogP contribution < -0.4 is 10.2 Å². The molecule has 0 bridgehead atoms. The van der Waals surface area contributed by atoms with E-state index in [1.165, 1.54) is 26.2 Å². The van der Waals surface area contributed by atoms with Crippen molar-refractivity contribution in [2.24, 2.45) is 5.92 Å². The van der Waals surface area contributed by atoms with E-state index in [9.17, 15) is 13.2 Å². The van der Waals surface area contributed by atoms with Crippen LogP contribution in [0.15, 0.2) is 29.2 Å². The maximum absolute atomic E-state index is 13.1. The lowest BCUT2D eigenvalue weighted by atomic mass is 9.82. The van der Waals surface area contributed by atoms with Gasteiger partial charge >= 0.3 is 0 Å². The van der Waals surface area contributed by atoms with Gasteiger partial charge in [-0.1, -0.05) is 32.1 Å². The van der Waals surface area contributed by atoms with Crippen molar-refractivity contribution in [2.75, 3.05) is 7.11 Å². The number of sulfone groups is 1. The number of methoxy groups -OCH3 is 1. The van der Waals surface area contributed by atoms with E-state index in [-0.39, 0.29) is 17.2 Å². The molecule has 1 aliphatic carbocycles. The number of nitrogens with one attached hydrogen (secondary N) is 1. The fourth-order valence-electron chi connectivity index (χ4n) is 3.40. The molecule has 2 rings (SSSR count). The molecule has 24 heavy (non-hydrogen) atoms. The van der Waals surface area contributed by atoms with Crippen LogP contribution in [0.2, 0.25) is 0 Å². The third-order valence-corrected chi connectivity index (χ3v) is 7.38. The van der Waals surface area contributed by atoms with Gasteiger partial charge in [0, 0.05) is 0 Å². The fraction of sp³-hybridized carbons (Fsp3) is 0.588. The van der Waals surface area contributed by atoms with E-state index in [2.05, 4.69) is 0 Å². The zero-order chi connectivity index (χ0) is 17.8. The first-order valence-electron chi connectivity index (χ1n) is 8.18. The van der Waals surface area contributed by atoms with Gasteiger partial charge in [-0.05, 0) is 43.5 Å². The first kappa shape index (κ1) is 18.7. The number of ether oxygens (including phenoxy) is 1. The number of hydroxylamine groups is 1. The molecular weight excluding hydrogens is 330 g/mol. The molecule has 134 valence electrons. The van der Waals surface area contributed by atoms with Crippen molar-refractivity contribution in [3.05, 3.63) is 24.3 Å². The lowest BCUT2D eigenvalue weighted by molar-refractivity contribution is -0.132. The van der Waals surface area contributed by atoms with Crippen LogP contribution in [-0.2, 0) is 14.6 Å². The Balaban J connectivity index is 2.38. The van der Waals surface area contributed by atoms with Gasteiger partial charge in [-0.2, -0.15) is 0 Å². The monoisotopic (exact) mass is 355 g/mol. The number of rotatable bonds is 6. The quantitative estimate of drug-likeness (QED) is 0.604. The predicted molar refractivity (Wildman–Crippen MR) is 89.7 cm³/mol. The molecule has 6 nitrogen and oxygen atoms in total. The smallest absolute Gasteiger partial charge is 0.264 e. The van der Waals surface area contributed by atoms with Gasteiger partial charge in [-0.15, -0.1) is 0 Å². The van der Waals surface area contributed by atoms with E-state index < -0.39 is 20.5 Å². The Labute approximate surface area is 143 Å². The molecule has 1 aromatic carbocycles. The third-order valence-electron chi connectivity index (χ3n) is 4.95. The van der Waals surface area contributed by atoms with Gasteiger partial charge < -0.3 is 4.74 Å². The van der Waals surface area contributed by atoms with Crippen LogP contribution in [0.1, 0.15) is 45.4 Å². The lowest BCUT2D eigenvalue weighted by Gasteiger charge is -2.32. The number of carbonyl (C=O) groups is 1. The van der Waals surface area contributed by atoms with Gasteiger partial charge in [0.2, 0.25) is 0 Å². The predicted octanol–water partition coefficient (Wildman–Crippen LogP) is 2.70. The first-order chi connectivity index (χ1) is 11.3. The topological polar surface area (TPSA) is 92.7 Å². The first-order valence-corrected chi connectivity index (χ1v) is 9.66. The second kappa shape index (κ2) is 7.53. The molecule has 0 aromatic heterocycles. The van der Waals surface area contributed by atoms with Crippen molar-refractivity contribution < 1.29 is 23.2 Å². The second-order valence-corrected chi connectivity index (χ2v) is 8.94. The minimum Gasteiger partial charge on any atom is -0.497 e. The van der Waals surface area contributed by atoms with Crippen molar-refractivity contribution >= 4 is 15.7 Å². The van der Waals surface area contributed by atoms with E-state index in [0.29, 0.717) is 5.75 Å². The van der Waals surface area contributed by atoms with Crippen LogP contribution in [0.3, 0.4) is 0 Å².